The van der Waals surface area contributed by atoms with Crippen molar-refractivity contribution in [2.45, 2.75) is 18.9 Å². The first-order chi connectivity index (χ1) is 13.5. The Morgan fingerprint density at radius 1 is 1.25 bits per heavy atom. The number of esters is 1. The van der Waals surface area contributed by atoms with Crippen LogP contribution < -0.4 is 9.47 Å². The number of allylic oxidation sites excluding steroid dienone is 1. The lowest BCUT2D eigenvalue weighted by atomic mass is 10.1. The van der Waals surface area contributed by atoms with Crippen molar-refractivity contribution in [1.82, 2.24) is 0 Å². The number of fused-ring (bicyclic) bond motifs is 1. The van der Waals surface area contributed by atoms with Gasteiger partial charge >= 0.3 is 5.97 Å². The van der Waals surface area contributed by atoms with Crippen molar-refractivity contribution in [3.8, 4) is 11.5 Å². The predicted molar refractivity (Wildman–Crippen MR) is 97.1 cm³/mol. The highest BCUT2D eigenvalue weighted by molar-refractivity contribution is 6.14. The Bertz CT molecular complexity index is 1010. The second kappa shape index (κ2) is 7.24. The lowest BCUT2D eigenvalue weighted by molar-refractivity contribution is -0.384. The lowest BCUT2D eigenvalue weighted by Crippen LogP contribution is -2.24. The van der Waals surface area contributed by atoms with Crippen LogP contribution in [0.5, 0.6) is 11.5 Å². The van der Waals surface area contributed by atoms with Crippen molar-refractivity contribution in [3.63, 3.8) is 0 Å². The van der Waals surface area contributed by atoms with Gasteiger partial charge in [-0.25, -0.2) is 4.79 Å². The predicted octanol–water partition coefficient (Wildman–Crippen LogP) is 3.30. The minimum Gasteiger partial charge on any atom is -0.452 e. The first-order valence-electron chi connectivity index (χ1n) is 8.67. The van der Waals surface area contributed by atoms with Crippen LogP contribution in [0.4, 0.5) is 5.69 Å². The fraction of sp³-hybridized carbons (Fsp3) is 0.200. The standard InChI is InChI=1S/C20H15NO7/c22-19-15-7-6-14(27-20(23)16-5-2-8-26-16)11-17(15)28-18(19)10-12-3-1-4-13(9-12)21(24)25/h1,3-4,6-7,9-11,16H,2,5,8H2/b18-10-. The number of ketones is 1. The zero-order valence-corrected chi connectivity index (χ0v) is 14.6. The van der Waals surface area contributed by atoms with Crippen LogP contribution in [0.2, 0.25) is 0 Å². The van der Waals surface area contributed by atoms with Crippen molar-refractivity contribution in [1.29, 1.82) is 0 Å². The van der Waals surface area contributed by atoms with Gasteiger partial charge in [-0.15, -0.1) is 0 Å². The van der Waals surface area contributed by atoms with E-state index in [2.05, 4.69) is 0 Å². The van der Waals surface area contributed by atoms with Crippen LogP contribution in [0.25, 0.3) is 6.08 Å². The molecule has 0 aromatic heterocycles. The van der Waals surface area contributed by atoms with E-state index in [9.17, 15) is 19.7 Å². The summed E-state index contributed by atoms with van der Waals surface area (Å²) in [4.78, 5) is 34.9. The van der Waals surface area contributed by atoms with Crippen molar-refractivity contribution >= 4 is 23.5 Å². The number of nitrogens with zero attached hydrogens (tertiary/aromatic N) is 1. The van der Waals surface area contributed by atoms with Crippen LogP contribution in [-0.4, -0.2) is 29.4 Å². The van der Waals surface area contributed by atoms with E-state index >= 15 is 0 Å². The maximum absolute atomic E-state index is 12.5. The number of rotatable bonds is 4. The molecule has 0 spiro atoms. The van der Waals surface area contributed by atoms with Crippen LogP contribution >= 0.6 is 0 Å². The van der Waals surface area contributed by atoms with Gasteiger partial charge in [-0.1, -0.05) is 12.1 Å². The average Bonchev–Trinajstić information content (AvgIpc) is 3.31. The fourth-order valence-corrected chi connectivity index (χ4v) is 3.06. The molecule has 1 fully saturated rings. The third kappa shape index (κ3) is 3.49. The first kappa shape index (κ1) is 17.9. The molecule has 2 heterocycles. The van der Waals surface area contributed by atoms with E-state index in [1.165, 1.54) is 42.5 Å². The normalized spacial score (nSPS) is 19.4. The molecule has 2 aliphatic rings. The van der Waals surface area contributed by atoms with Crippen LogP contribution in [-0.2, 0) is 9.53 Å². The summed E-state index contributed by atoms with van der Waals surface area (Å²) in [7, 11) is 0. The molecule has 8 heteroatoms. The smallest absolute Gasteiger partial charge is 0.340 e. The van der Waals surface area contributed by atoms with Gasteiger partial charge in [-0.3, -0.25) is 14.9 Å². The van der Waals surface area contributed by atoms with Gasteiger partial charge in [0.05, 0.1) is 10.5 Å². The molecule has 28 heavy (non-hydrogen) atoms. The van der Waals surface area contributed by atoms with Crippen molar-refractivity contribution in [2.24, 2.45) is 0 Å². The third-order valence-corrected chi connectivity index (χ3v) is 4.43. The molecule has 0 saturated carbocycles. The van der Waals surface area contributed by atoms with E-state index in [1.54, 1.807) is 6.07 Å². The van der Waals surface area contributed by atoms with Gasteiger partial charge in [0.15, 0.2) is 11.9 Å². The molecule has 0 N–H and O–H groups in total. The molecule has 0 radical (unpaired) electrons. The molecule has 1 atom stereocenters. The Morgan fingerprint density at radius 2 is 2.11 bits per heavy atom. The summed E-state index contributed by atoms with van der Waals surface area (Å²) in [5.74, 6) is -0.270. The van der Waals surface area contributed by atoms with E-state index < -0.39 is 17.0 Å². The topological polar surface area (TPSA) is 105 Å². The maximum Gasteiger partial charge on any atom is 0.340 e. The Balaban J connectivity index is 1.54. The number of carbonyl (C=O) groups excluding carboxylic acids is 2. The summed E-state index contributed by atoms with van der Waals surface area (Å²) >= 11 is 0. The minimum atomic E-state index is -0.569. The largest absolute Gasteiger partial charge is 0.452 e. The number of benzene rings is 2. The zero-order valence-electron chi connectivity index (χ0n) is 14.6. The molecule has 1 saturated heterocycles. The van der Waals surface area contributed by atoms with Crippen LogP contribution in [0.3, 0.4) is 0 Å². The molecular formula is C20H15NO7. The molecule has 2 aromatic rings. The minimum absolute atomic E-state index is 0.0399. The van der Waals surface area contributed by atoms with E-state index in [4.69, 9.17) is 14.2 Å². The second-order valence-corrected chi connectivity index (χ2v) is 6.37. The molecule has 4 rings (SSSR count). The van der Waals surface area contributed by atoms with Gasteiger partial charge in [0.25, 0.3) is 5.69 Å². The van der Waals surface area contributed by atoms with Gasteiger partial charge in [-0.05, 0) is 36.6 Å². The number of nitro groups is 1. The Labute approximate surface area is 159 Å². The molecule has 0 aliphatic carbocycles. The molecule has 0 amide bonds. The van der Waals surface area contributed by atoms with Crippen molar-refractivity contribution in [3.05, 3.63) is 69.5 Å². The lowest BCUT2D eigenvalue weighted by Gasteiger charge is -2.09. The van der Waals surface area contributed by atoms with Gasteiger partial charge in [0, 0.05) is 24.8 Å². The quantitative estimate of drug-likeness (QED) is 0.263. The second-order valence-electron chi connectivity index (χ2n) is 6.37. The van der Waals surface area contributed by atoms with Crippen LogP contribution in [0.1, 0.15) is 28.8 Å². The summed E-state index contributed by atoms with van der Waals surface area (Å²) in [6.45, 7) is 0.535. The summed E-state index contributed by atoms with van der Waals surface area (Å²) < 4.78 is 16.2. The van der Waals surface area contributed by atoms with Gasteiger partial charge < -0.3 is 14.2 Å². The Kier molecular flexibility index (Phi) is 4.62. The molecule has 142 valence electrons. The van der Waals surface area contributed by atoms with Gasteiger partial charge in [0.1, 0.15) is 11.5 Å². The number of hydrogen-bond acceptors (Lipinski definition) is 7. The number of ether oxygens (including phenoxy) is 3. The van der Waals surface area contributed by atoms with E-state index in [1.807, 2.05) is 0 Å². The number of carbonyl (C=O) groups is 2. The highest BCUT2D eigenvalue weighted by Crippen LogP contribution is 2.35. The summed E-state index contributed by atoms with van der Waals surface area (Å²) in [5, 5.41) is 10.9. The van der Waals surface area contributed by atoms with E-state index in [-0.39, 0.29) is 28.7 Å². The number of hydrogen-bond donors (Lipinski definition) is 0. The monoisotopic (exact) mass is 381 g/mol. The highest BCUT2D eigenvalue weighted by Gasteiger charge is 2.29. The maximum atomic E-state index is 12.5. The van der Waals surface area contributed by atoms with E-state index in [0.29, 0.717) is 24.2 Å². The molecule has 0 bridgehead atoms. The Hall–Kier alpha value is -3.52. The van der Waals surface area contributed by atoms with Gasteiger partial charge in [0.2, 0.25) is 5.78 Å². The average molecular weight is 381 g/mol. The van der Waals surface area contributed by atoms with Crippen LogP contribution in [0.15, 0.2) is 48.2 Å². The summed E-state index contributed by atoms with van der Waals surface area (Å²) in [6, 6.07) is 10.4. The number of nitro benzene ring substituents is 1. The summed E-state index contributed by atoms with van der Waals surface area (Å²) in [5.41, 5.74) is 0.713. The fourth-order valence-electron chi connectivity index (χ4n) is 3.06. The SMILES string of the molecule is O=C1/C(=C/c2cccc([N+](=O)[O-])c2)Oc2cc(OC(=O)C3CCCO3)ccc21. The molecular weight excluding hydrogens is 366 g/mol. The Morgan fingerprint density at radius 3 is 2.86 bits per heavy atom. The van der Waals surface area contributed by atoms with Crippen LogP contribution in [0, 0.1) is 10.1 Å². The first-order valence-corrected chi connectivity index (χ1v) is 8.67. The molecule has 2 aliphatic heterocycles. The molecule has 2 aromatic carbocycles. The third-order valence-electron chi connectivity index (χ3n) is 4.43. The zero-order chi connectivity index (χ0) is 19.7. The van der Waals surface area contributed by atoms with Gasteiger partial charge in [-0.2, -0.15) is 0 Å². The number of non-ortho nitro benzene ring substituents is 1. The molecule has 1 unspecified atom stereocenters. The number of Topliss-reactive ketones (excluding diaryl/α,β-unsaturated/α-hetero) is 1. The summed E-state index contributed by atoms with van der Waals surface area (Å²) in [6.07, 6.45) is 2.30. The van der Waals surface area contributed by atoms with E-state index in [0.717, 1.165) is 6.42 Å². The highest BCUT2D eigenvalue weighted by atomic mass is 16.6. The van der Waals surface area contributed by atoms with Crippen molar-refractivity contribution in [2.75, 3.05) is 6.61 Å². The molecule has 8 nitrogen and oxygen atoms in total. The van der Waals surface area contributed by atoms with Crippen molar-refractivity contribution < 1.29 is 28.7 Å².